The van der Waals surface area contributed by atoms with Crippen molar-refractivity contribution in [1.29, 1.82) is 0 Å². The lowest BCUT2D eigenvalue weighted by molar-refractivity contribution is -0.142. The predicted molar refractivity (Wildman–Crippen MR) is 80.8 cm³/mol. The maximum atomic E-state index is 11.7. The number of unbranched alkanes of at least 4 members (excludes halogenated alkanes) is 1. The summed E-state index contributed by atoms with van der Waals surface area (Å²) >= 11 is 0. The van der Waals surface area contributed by atoms with Gasteiger partial charge in [0.05, 0.1) is 0 Å². The molecule has 1 unspecified atom stereocenters. The maximum Gasteiger partial charge on any atom is 0.326 e. The number of hydrogen-bond acceptors (Lipinski definition) is 3. The van der Waals surface area contributed by atoms with Gasteiger partial charge in [-0.15, -0.1) is 0 Å². The molecule has 0 saturated heterocycles. The molecule has 6 nitrogen and oxygen atoms in total. The number of carbonyl (C=O) groups excluding carboxylic acids is 2. The number of carboxylic acid groups (broad SMARTS) is 1. The molecule has 2 amide bonds. The van der Waals surface area contributed by atoms with Gasteiger partial charge < -0.3 is 15.7 Å². The van der Waals surface area contributed by atoms with Gasteiger partial charge in [-0.3, -0.25) is 9.59 Å². The average Bonchev–Trinajstić information content (AvgIpc) is 2.37. The molecule has 0 aliphatic carbocycles. The van der Waals surface area contributed by atoms with Crippen LogP contribution in [0.15, 0.2) is 0 Å². The molecule has 0 heterocycles. The highest BCUT2D eigenvalue weighted by molar-refractivity contribution is 5.83. The van der Waals surface area contributed by atoms with E-state index in [1.807, 2.05) is 27.7 Å². The Morgan fingerprint density at radius 3 is 2.24 bits per heavy atom. The van der Waals surface area contributed by atoms with E-state index in [1.54, 1.807) is 0 Å². The molecule has 0 aromatic carbocycles. The van der Waals surface area contributed by atoms with Crippen LogP contribution in [0.25, 0.3) is 0 Å². The topological polar surface area (TPSA) is 95.5 Å². The minimum Gasteiger partial charge on any atom is -0.480 e. The molecule has 122 valence electrons. The van der Waals surface area contributed by atoms with Crippen LogP contribution in [0.1, 0.15) is 59.8 Å². The Hall–Kier alpha value is -1.59. The van der Waals surface area contributed by atoms with Gasteiger partial charge in [0.25, 0.3) is 0 Å². The summed E-state index contributed by atoms with van der Waals surface area (Å²) in [6.07, 6.45) is 2.80. The van der Waals surface area contributed by atoms with Crippen LogP contribution in [0, 0.1) is 5.41 Å². The summed E-state index contributed by atoms with van der Waals surface area (Å²) in [7, 11) is 0. The van der Waals surface area contributed by atoms with Crippen LogP contribution in [0.2, 0.25) is 0 Å². The summed E-state index contributed by atoms with van der Waals surface area (Å²) in [5, 5.41) is 14.3. The van der Waals surface area contributed by atoms with Crippen molar-refractivity contribution in [3.05, 3.63) is 0 Å². The standard InChI is InChI=1S/C15H28N2O4/c1-5-6-8-11(13(19)20)17-12(18)9-7-10-16-14(21)15(2,3)4/h11H,5-10H2,1-4H3,(H,16,21)(H,17,18)(H,19,20). The summed E-state index contributed by atoms with van der Waals surface area (Å²) in [6.45, 7) is 7.84. The zero-order chi connectivity index (χ0) is 16.5. The van der Waals surface area contributed by atoms with E-state index >= 15 is 0 Å². The van der Waals surface area contributed by atoms with Crippen LogP contribution in [-0.4, -0.2) is 35.5 Å². The minimum atomic E-state index is -1.00. The molecule has 0 aromatic heterocycles. The van der Waals surface area contributed by atoms with Gasteiger partial charge in [-0.2, -0.15) is 0 Å². The van der Waals surface area contributed by atoms with Crippen molar-refractivity contribution < 1.29 is 19.5 Å². The molecule has 0 aliphatic heterocycles. The number of amides is 2. The first-order valence-corrected chi connectivity index (χ1v) is 7.49. The van der Waals surface area contributed by atoms with Crippen molar-refractivity contribution in [3.63, 3.8) is 0 Å². The van der Waals surface area contributed by atoms with E-state index in [0.29, 0.717) is 19.4 Å². The summed E-state index contributed by atoms with van der Waals surface area (Å²) in [5.41, 5.74) is -0.448. The minimum absolute atomic E-state index is 0.0609. The Morgan fingerprint density at radius 2 is 1.76 bits per heavy atom. The first-order chi connectivity index (χ1) is 9.68. The number of carboxylic acids is 1. The lowest BCUT2D eigenvalue weighted by Gasteiger charge is -2.17. The highest BCUT2D eigenvalue weighted by Gasteiger charge is 2.21. The number of carbonyl (C=O) groups is 3. The molecule has 1 atom stereocenters. The largest absolute Gasteiger partial charge is 0.480 e. The molecule has 0 radical (unpaired) electrons. The first-order valence-electron chi connectivity index (χ1n) is 7.49. The van der Waals surface area contributed by atoms with E-state index in [9.17, 15) is 14.4 Å². The molecular weight excluding hydrogens is 272 g/mol. The number of rotatable bonds is 9. The fraction of sp³-hybridized carbons (Fsp3) is 0.800. The van der Waals surface area contributed by atoms with Crippen molar-refractivity contribution >= 4 is 17.8 Å². The van der Waals surface area contributed by atoms with E-state index in [2.05, 4.69) is 10.6 Å². The molecule has 6 heteroatoms. The van der Waals surface area contributed by atoms with Gasteiger partial charge in [-0.05, 0) is 12.8 Å². The highest BCUT2D eigenvalue weighted by atomic mass is 16.4. The van der Waals surface area contributed by atoms with Crippen molar-refractivity contribution in [1.82, 2.24) is 10.6 Å². The fourth-order valence-corrected chi connectivity index (χ4v) is 1.65. The van der Waals surface area contributed by atoms with Crippen LogP contribution in [0.5, 0.6) is 0 Å². The van der Waals surface area contributed by atoms with Gasteiger partial charge >= 0.3 is 5.97 Å². The Balaban J connectivity index is 3.98. The van der Waals surface area contributed by atoms with E-state index in [-0.39, 0.29) is 18.2 Å². The quantitative estimate of drug-likeness (QED) is 0.565. The second-order valence-electron chi connectivity index (χ2n) is 6.21. The Morgan fingerprint density at radius 1 is 1.14 bits per heavy atom. The fourth-order valence-electron chi connectivity index (χ4n) is 1.65. The van der Waals surface area contributed by atoms with Gasteiger partial charge in [0, 0.05) is 18.4 Å². The highest BCUT2D eigenvalue weighted by Crippen LogP contribution is 2.12. The zero-order valence-electron chi connectivity index (χ0n) is 13.5. The van der Waals surface area contributed by atoms with Crippen molar-refractivity contribution in [2.24, 2.45) is 5.41 Å². The van der Waals surface area contributed by atoms with Gasteiger partial charge in [-0.1, -0.05) is 40.5 Å². The van der Waals surface area contributed by atoms with E-state index in [0.717, 1.165) is 12.8 Å². The van der Waals surface area contributed by atoms with E-state index in [1.165, 1.54) is 0 Å². The van der Waals surface area contributed by atoms with Gasteiger partial charge in [0.15, 0.2) is 0 Å². The second-order valence-corrected chi connectivity index (χ2v) is 6.21. The summed E-state index contributed by atoms with van der Waals surface area (Å²) in [5.74, 6) is -1.35. The van der Waals surface area contributed by atoms with E-state index in [4.69, 9.17) is 5.11 Å². The molecule has 0 saturated carbocycles. The summed E-state index contributed by atoms with van der Waals surface area (Å²) in [6, 6.07) is -0.818. The molecule has 0 spiro atoms. The van der Waals surface area contributed by atoms with Gasteiger partial charge in [0.2, 0.25) is 11.8 Å². The lowest BCUT2D eigenvalue weighted by atomic mass is 9.96. The lowest BCUT2D eigenvalue weighted by Crippen LogP contribution is -2.41. The smallest absolute Gasteiger partial charge is 0.326 e. The van der Waals surface area contributed by atoms with Crippen molar-refractivity contribution in [3.8, 4) is 0 Å². The zero-order valence-corrected chi connectivity index (χ0v) is 13.5. The number of nitrogens with one attached hydrogen (secondary N) is 2. The first kappa shape index (κ1) is 19.4. The molecule has 3 N–H and O–H groups in total. The van der Waals surface area contributed by atoms with Crippen molar-refractivity contribution in [2.75, 3.05) is 6.54 Å². The number of hydrogen-bond donors (Lipinski definition) is 3. The normalized spacial score (nSPS) is 12.6. The van der Waals surface area contributed by atoms with Crippen LogP contribution < -0.4 is 10.6 Å². The maximum absolute atomic E-state index is 11.7. The van der Waals surface area contributed by atoms with Crippen molar-refractivity contribution in [2.45, 2.75) is 65.8 Å². The number of aliphatic carboxylic acids is 1. The van der Waals surface area contributed by atoms with Gasteiger partial charge in [0.1, 0.15) is 6.04 Å². The Kier molecular flexibility index (Phi) is 8.66. The summed E-state index contributed by atoms with van der Waals surface area (Å²) in [4.78, 5) is 34.3. The SMILES string of the molecule is CCCCC(NC(=O)CCCNC(=O)C(C)(C)C)C(=O)O. The molecule has 0 bridgehead atoms. The van der Waals surface area contributed by atoms with Crippen LogP contribution in [-0.2, 0) is 14.4 Å². The molecule has 21 heavy (non-hydrogen) atoms. The van der Waals surface area contributed by atoms with Crippen LogP contribution in [0.3, 0.4) is 0 Å². The molecule has 0 rings (SSSR count). The van der Waals surface area contributed by atoms with Gasteiger partial charge in [-0.25, -0.2) is 4.79 Å². The van der Waals surface area contributed by atoms with Crippen LogP contribution >= 0.6 is 0 Å². The Labute approximate surface area is 126 Å². The Bertz CT molecular complexity index is 361. The second kappa shape index (κ2) is 9.37. The molecule has 0 fully saturated rings. The summed E-state index contributed by atoms with van der Waals surface area (Å²) < 4.78 is 0. The average molecular weight is 300 g/mol. The third-order valence-corrected chi connectivity index (χ3v) is 3.03. The third kappa shape index (κ3) is 9.05. The van der Waals surface area contributed by atoms with E-state index < -0.39 is 17.4 Å². The molecule has 0 aliphatic rings. The third-order valence-electron chi connectivity index (χ3n) is 3.03. The molecule has 0 aromatic rings. The monoisotopic (exact) mass is 300 g/mol. The predicted octanol–water partition coefficient (Wildman–Crippen LogP) is 1.69. The van der Waals surface area contributed by atoms with Crippen LogP contribution in [0.4, 0.5) is 0 Å². The molecular formula is C15H28N2O4.